The minimum atomic E-state index is 0.271. The summed E-state index contributed by atoms with van der Waals surface area (Å²) in [6, 6.07) is 5.85. The van der Waals surface area contributed by atoms with Gasteiger partial charge in [0, 0.05) is 20.2 Å². The fourth-order valence-electron chi connectivity index (χ4n) is 1.43. The minimum absolute atomic E-state index is 0.271. The van der Waals surface area contributed by atoms with Crippen molar-refractivity contribution in [2.24, 2.45) is 5.92 Å². The predicted molar refractivity (Wildman–Crippen MR) is 67.8 cm³/mol. The van der Waals surface area contributed by atoms with Crippen LogP contribution in [0.1, 0.15) is 19.8 Å². The molecule has 1 aromatic heterocycles. The summed E-state index contributed by atoms with van der Waals surface area (Å²) in [6.45, 7) is 3.22. The van der Waals surface area contributed by atoms with Crippen LogP contribution in [0.2, 0.25) is 0 Å². The van der Waals surface area contributed by atoms with E-state index in [1.807, 2.05) is 25.2 Å². The van der Waals surface area contributed by atoms with Gasteiger partial charge in [0.1, 0.15) is 11.6 Å². The molecule has 1 rings (SSSR count). The second-order valence-electron chi connectivity index (χ2n) is 4.01. The monoisotopic (exact) mass is 223 g/mol. The van der Waals surface area contributed by atoms with E-state index < -0.39 is 0 Å². The van der Waals surface area contributed by atoms with Gasteiger partial charge in [0.05, 0.1) is 0 Å². The number of nitrogens with zero attached hydrogens (tertiary/aromatic N) is 1. The number of aromatic nitrogens is 1. The molecule has 1 aromatic rings. The van der Waals surface area contributed by atoms with Gasteiger partial charge in [-0.25, -0.2) is 4.98 Å². The molecule has 0 bridgehead atoms. The van der Waals surface area contributed by atoms with Gasteiger partial charge in [-0.2, -0.15) is 0 Å². The van der Waals surface area contributed by atoms with Gasteiger partial charge in [-0.05, 0) is 30.9 Å². The third-order valence-corrected chi connectivity index (χ3v) is 2.50. The third-order valence-electron chi connectivity index (χ3n) is 2.50. The molecule has 0 saturated heterocycles. The molecule has 1 atom stereocenters. The Hall–Kier alpha value is -1.29. The molecule has 0 aromatic carbocycles. The van der Waals surface area contributed by atoms with E-state index in [1.54, 1.807) is 0 Å². The van der Waals surface area contributed by atoms with Gasteiger partial charge >= 0.3 is 0 Å². The summed E-state index contributed by atoms with van der Waals surface area (Å²) in [4.78, 5) is 4.36. The summed E-state index contributed by atoms with van der Waals surface area (Å²) in [5.41, 5.74) is 0. The zero-order chi connectivity index (χ0) is 11.8. The first-order valence-corrected chi connectivity index (χ1v) is 5.75. The number of aliphatic hydroxyl groups excluding tert-OH is 1. The first kappa shape index (κ1) is 12.8. The molecule has 0 radical (unpaired) electrons. The molecule has 0 saturated carbocycles. The highest BCUT2D eigenvalue weighted by atomic mass is 16.3. The van der Waals surface area contributed by atoms with Gasteiger partial charge in [0.15, 0.2) is 0 Å². The molecule has 3 N–H and O–H groups in total. The topological polar surface area (TPSA) is 57.2 Å². The van der Waals surface area contributed by atoms with Crippen molar-refractivity contribution in [2.75, 3.05) is 30.8 Å². The molecule has 0 fully saturated rings. The second-order valence-corrected chi connectivity index (χ2v) is 4.01. The number of hydrogen-bond donors (Lipinski definition) is 3. The van der Waals surface area contributed by atoms with E-state index in [9.17, 15) is 0 Å². The van der Waals surface area contributed by atoms with Crippen molar-refractivity contribution in [3.8, 4) is 0 Å². The minimum Gasteiger partial charge on any atom is -0.396 e. The SMILES string of the molecule is CNc1cccc(NCCCC(C)CO)n1. The van der Waals surface area contributed by atoms with Crippen LogP contribution in [0, 0.1) is 5.92 Å². The molecule has 0 amide bonds. The maximum Gasteiger partial charge on any atom is 0.128 e. The van der Waals surface area contributed by atoms with E-state index in [0.717, 1.165) is 31.0 Å². The zero-order valence-electron chi connectivity index (χ0n) is 10.0. The average Bonchev–Trinajstić information content (AvgIpc) is 2.34. The summed E-state index contributed by atoms with van der Waals surface area (Å²) in [5.74, 6) is 2.15. The molecule has 0 aliphatic carbocycles. The van der Waals surface area contributed by atoms with Crippen LogP contribution in [0.4, 0.5) is 11.6 Å². The Morgan fingerprint density at radius 2 is 2.12 bits per heavy atom. The van der Waals surface area contributed by atoms with Gasteiger partial charge in [0.2, 0.25) is 0 Å². The Kier molecular flexibility index (Phi) is 5.64. The normalized spacial score (nSPS) is 12.2. The highest BCUT2D eigenvalue weighted by molar-refractivity contribution is 5.44. The third kappa shape index (κ3) is 4.49. The van der Waals surface area contributed by atoms with Crippen LogP contribution in [0.3, 0.4) is 0 Å². The largest absolute Gasteiger partial charge is 0.396 e. The zero-order valence-corrected chi connectivity index (χ0v) is 10.0. The molecular formula is C12H21N3O. The van der Waals surface area contributed by atoms with Crippen molar-refractivity contribution in [3.05, 3.63) is 18.2 Å². The van der Waals surface area contributed by atoms with E-state index in [4.69, 9.17) is 5.11 Å². The fourth-order valence-corrected chi connectivity index (χ4v) is 1.43. The molecule has 1 heterocycles. The molecule has 0 aliphatic rings. The molecule has 16 heavy (non-hydrogen) atoms. The standard InChI is InChI=1S/C12H21N3O/c1-10(9-16)5-4-8-14-12-7-3-6-11(13-2)15-12/h3,6-7,10,16H,4-5,8-9H2,1-2H3,(H2,13,14,15). The Bertz CT molecular complexity index is 304. The van der Waals surface area contributed by atoms with Gasteiger partial charge in [-0.15, -0.1) is 0 Å². The predicted octanol–water partition coefficient (Wildman–Crippen LogP) is 1.94. The van der Waals surface area contributed by atoms with E-state index in [1.165, 1.54) is 0 Å². The second kappa shape index (κ2) is 7.06. The lowest BCUT2D eigenvalue weighted by Crippen LogP contribution is -2.07. The first-order valence-electron chi connectivity index (χ1n) is 5.75. The maximum atomic E-state index is 8.88. The van der Waals surface area contributed by atoms with E-state index in [0.29, 0.717) is 5.92 Å². The maximum absolute atomic E-state index is 8.88. The number of rotatable bonds is 7. The van der Waals surface area contributed by atoms with Gasteiger partial charge in [-0.3, -0.25) is 0 Å². The van der Waals surface area contributed by atoms with Crippen LogP contribution in [-0.4, -0.2) is 30.3 Å². The van der Waals surface area contributed by atoms with Crippen molar-refractivity contribution in [2.45, 2.75) is 19.8 Å². The Morgan fingerprint density at radius 1 is 1.38 bits per heavy atom. The quantitative estimate of drug-likeness (QED) is 0.618. The molecular weight excluding hydrogens is 202 g/mol. The van der Waals surface area contributed by atoms with Crippen molar-refractivity contribution in [1.29, 1.82) is 0 Å². The molecule has 1 unspecified atom stereocenters. The van der Waals surface area contributed by atoms with Crippen LogP contribution in [0.25, 0.3) is 0 Å². The molecule has 4 heteroatoms. The van der Waals surface area contributed by atoms with Crippen LogP contribution in [-0.2, 0) is 0 Å². The highest BCUT2D eigenvalue weighted by Crippen LogP contribution is 2.09. The summed E-state index contributed by atoms with van der Waals surface area (Å²) >= 11 is 0. The Morgan fingerprint density at radius 3 is 2.81 bits per heavy atom. The lowest BCUT2D eigenvalue weighted by Gasteiger charge is -2.09. The Labute approximate surface area is 97.1 Å². The highest BCUT2D eigenvalue weighted by Gasteiger charge is 1.99. The summed E-state index contributed by atoms with van der Waals surface area (Å²) in [7, 11) is 1.86. The van der Waals surface area contributed by atoms with Crippen molar-refractivity contribution in [1.82, 2.24) is 4.98 Å². The van der Waals surface area contributed by atoms with Crippen molar-refractivity contribution < 1.29 is 5.11 Å². The number of aliphatic hydroxyl groups is 1. The lowest BCUT2D eigenvalue weighted by atomic mass is 10.1. The van der Waals surface area contributed by atoms with E-state index in [-0.39, 0.29) is 6.61 Å². The van der Waals surface area contributed by atoms with Gasteiger partial charge < -0.3 is 15.7 Å². The smallest absolute Gasteiger partial charge is 0.128 e. The van der Waals surface area contributed by atoms with E-state index >= 15 is 0 Å². The van der Waals surface area contributed by atoms with E-state index in [2.05, 4.69) is 22.5 Å². The summed E-state index contributed by atoms with van der Waals surface area (Å²) < 4.78 is 0. The first-order chi connectivity index (χ1) is 7.76. The molecule has 0 spiro atoms. The van der Waals surface area contributed by atoms with Crippen molar-refractivity contribution >= 4 is 11.6 Å². The molecule has 4 nitrogen and oxygen atoms in total. The van der Waals surface area contributed by atoms with Crippen LogP contribution < -0.4 is 10.6 Å². The van der Waals surface area contributed by atoms with Gasteiger partial charge in [0.25, 0.3) is 0 Å². The number of pyridine rings is 1. The lowest BCUT2D eigenvalue weighted by molar-refractivity contribution is 0.229. The number of hydrogen-bond acceptors (Lipinski definition) is 4. The summed E-state index contributed by atoms with van der Waals surface area (Å²) in [6.07, 6.45) is 2.09. The molecule has 90 valence electrons. The van der Waals surface area contributed by atoms with Crippen LogP contribution in [0.15, 0.2) is 18.2 Å². The fraction of sp³-hybridized carbons (Fsp3) is 0.583. The van der Waals surface area contributed by atoms with Gasteiger partial charge in [-0.1, -0.05) is 13.0 Å². The van der Waals surface area contributed by atoms with Crippen LogP contribution >= 0.6 is 0 Å². The van der Waals surface area contributed by atoms with Crippen LogP contribution in [0.5, 0.6) is 0 Å². The number of nitrogens with one attached hydrogen (secondary N) is 2. The number of anilines is 2. The Balaban J connectivity index is 2.26. The molecule has 0 aliphatic heterocycles. The average molecular weight is 223 g/mol. The summed E-state index contributed by atoms with van der Waals surface area (Å²) in [5, 5.41) is 15.1. The van der Waals surface area contributed by atoms with Crippen molar-refractivity contribution in [3.63, 3.8) is 0 Å².